The zero-order valence-corrected chi connectivity index (χ0v) is 6.39. The van der Waals surface area contributed by atoms with Gasteiger partial charge in [0.1, 0.15) is 5.82 Å². The maximum Gasteiger partial charge on any atom is 0.128 e. The highest BCUT2D eigenvalue weighted by molar-refractivity contribution is 5.26. The molecule has 0 fully saturated rings. The first-order valence-corrected chi connectivity index (χ1v) is 3.43. The summed E-state index contributed by atoms with van der Waals surface area (Å²) < 4.78 is 12.9. The molecule has 3 heteroatoms. The van der Waals surface area contributed by atoms with Gasteiger partial charge in [-0.15, -0.1) is 0 Å². The van der Waals surface area contributed by atoms with Crippen molar-refractivity contribution < 1.29 is 4.39 Å². The SMILES string of the molecule is Cc1cccc(F)c1CNN. The van der Waals surface area contributed by atoms with Gasteiger partial charge >= 0.3 is 0 Å². The van der Waals surface area contributed by atoms with E-state index in [0.29, 0.717) is 12.1 Å². The van der Waals surface area contributed by atoms with Gasteiger partial charge in [0.15, 0.2) is 0 Å². The fraction of sp³-hybridized carbons (Fsp3) is 0.250. The van der Waals surface area contributed by atoms with Crippen LogP contribution >= 0.6 is 0 Å². The van der Waals surface area contributed by atoms with Crippen molar-refractivity contribution >= 4 is 0 Å². The third-order valence-corrected chi connectivity index (χ3v) is 1.63. The number of hydrogen-bond donors (Lipinski definition) is 2. The highest BCUT2D eigenvalue weighted by Gasteiger charge is 2.02. The van der Waals surface area contributed by atoms with Crippen molar-refractivity contribution in [3.8, 4) is 0 Å². The Hall–Kier alpha value is -0.930. The Kier molecular flexibility index (Phi) is 2.57. The fourth-order valence-electron chi connectivity index (χ4n) is 0.992. The highest BCUT2D eigenvalue weighted by Crippen LogP contribution is 2.11. The lowest BCUT2D eigenvalue weighted by Gasteiger charge is -2.04. The molecule has 0 aliphatic heterocycles. The summed E-state index contributed by atoms with van der Waals surface area (Å²) in [4.78, 5) is 0. The van der Waals surface area contributed by atoms with Gasteiger partial charge in [-0.3, -0.25) is 11.3 Å². The second-order valence-electron chi connectivity index (χ2n) is 2.42. The van der Waals surface area contributed by atoms with Crippen molar-refractivity contribution in [2.75, 3.05) is 0 Å². The first-order chi connectivity index (χ1) is 5.25. The standard InChI is InChI=1S/C8H11FN2/c1-6-3-2-4-8(9)7(6)5-11-10/h2-4,11H,5,10H2,1H3. The summed E-state index contributed by atoms with van der Waals surface area (Å²) in [6.45, 7) is 2.23. The number of hydrazine groups is 1. The molecule has 0 aliphatic rings. The summed E-state index contributed by atoms with van der Waals surface area (Å²) in [5, 5.41) is 0. The molecule has 11 heavy (non-hydrogen) atoms. The van der Waals surface area contributed by atoms with E-state index in [1.165, 1.54) is 6.07 Å². The smallest absolute Gasteiger partial charge is 0.128 e. The van der Waals surface area contributed by atoms with Crippen LogP contribution in [0.25, 0.3) is 0 Å². The van der Waals surface area contributed by atoms with Gasteiger partial charge in [0, 0.05) is 12.1 Å². The Labute approximate surface area is 65.2 Å². The number of benzene rings is 1. The van der Waals surface area contributed by atoms with Crippen molar-refractivity contribution in [1.82, 2.24) is 5.43 Å². The lowest BCUT2D eigenvalue weighted by molar-refractivity contribution is 0.591. The number of nitrogens with two attached hydrogens (primary N) is 1. The van der Waals surface area contributed by atoms with Gasteiger partial charge in [0.25, 0.3) is 0 Å². The Bertz CT molecular complexity index is 228. The van der Waals surface area contributed by atoms with Gasteiger partial charge in [0.05, 0.1) is 0 Å². The van der Waals surface area contributed by atoms with E-state index in [2.05, 4.69) is 5.43 Å². The number of rotatable bonds is 2. The molecule has 0 spiro atoms. The van der Waals surface area contributed by atoms with E-state index >= 15 is 0 Å². The molecule has 1 aromatic rings. The zero-order chi connectivity index (χ0) is 8.27. The zero-order valence-electron chi connectivity index (χ0n) is 6.39. The maximum absolute atomic E-state index is 12.9. The Morgan fingerprint density at radius 1 is 1.55 bits per heavy atom. The molecule has 1 aromatic carbocycles. The summed E-state index contributed by atoms with van der Waals surface area (Å²) in [7, 11) is 0. The minimum absolute atomic E-state index is 0.206. The molecule has 2 nitrogen and oxygen atoms in total. The molecular formula is C8H11FN2. The Balaban J connectivity index is 3.00. The van der Waals surface area contributed by atoms with E-state index in [1.54, 1.807) is 6.07 Å². The van der Waals surface area contributed by atoms with Crippen LogP contribution in [0.5, 0.6) is 0 Å². The van der Waals surface area contributed by atoms with E-state index < -0.39 is 0 Å². The minimum atomic E-state index is -0.206. The van der Waals surface area contributed by atoms with Gasteiger partial charge in [-0.25, -0.2) is 4.39 Å². The molecule has 0 heterocycles. The molecule has 0 radical (unpaired) electrons. The van der Waals surface area contributed by atoms with E-state index in [0.717, 1.165) is 5.56 Å². The van der Waals surface area contributed by atoms with Crippen LogP contribution in [0.1, 0.15) is 11.1 Å². The van der Waals surface area contributed by atoms with Crippen molar-refractivity contribution in [2.24, 2.45) is 5.84 Å². The molecule has 0 amide bonds. The third kappa shape index (κ3) is 1.76. The van der Waals surface area contributed by atoms with Crippen LogP contribution in [0.3, 0.4) is 0 Å². The second-order valence-corrected chi connectivity index (χ2v) is 2.42. The molecule has 3 N–H and O–H groups in total. The second kappa shape index (κ2) is 3.46. The van der Waals surface area contributed by atoms with Crippen molar-refractivity contribution in [3.05, 3.63) is 35.1 Å². The molecule has 0 bridgehead atoms. The first-order valence-electron chi connectivity index (χ1n) is 3.43. The quantitative estimate of drug-likeness (QED) is 0.494. The average molecular weight is 154 g/mol. The van der Waals surface area contributed by atoms with Crippen LogP contribution in [0.15, 0.2) is 18.2 Å². The van der Waals surface area contributed by atoms with E-state index in [9.17, 15) is 4.39 Å². The summed E-state index contributed by atoms with van der Waals surface area (Å²) in [6, 6.07) is 4.97. The van der Waals surface area contributed by atoms with E-state index in [1.807, 2.05) is 13.0 Å². The number of aryl methyl sites for hydroxylation is 1. The van der Waals surface area contributed by atoms with Gasteiger partial charge in [0.2, 0.25) is 0 Å². The molecule has 0 atom stereocenters. The fourth-order valence-corrected chi connectivity index (χ4v) is 0.992. The molecule has 0 aliphatic carbocycles. The lowest BCUT2D eigenvalue weighted by Crippen LogP contribution is -2.22. The molecule has 60 valence electrons. The van der Waals surface area contributed by atoms with Gasteiger partial charge in [-0.2, -0.15) is 0 Å². The number of halogens is 1. The first kappa shape index (κ1) is 8.17. The van der Waals surface area contributed by atoms with Crippen LogP contribution in [0.4, 0.5) is 4.39 Å². The summed E-state index contributed by atoms with van der Waals surface area (Å²) in [5.74, 6) is 4.88. The van der Waals surface area contributed by atoms with E-state index in [-0.39, 0.29) is 5.82 Å². The normalized spacial score (nSPS) is 10.1. The van der Waals surface area contributed by atoms with Crippen molar-refractivity contribution in [2.45, 2.75) is 13.5 Å². The predicted octanol–water partition coefficient (Wildman–Crippen LogP) is 1.10. The third-order valence-electron chi connectivity index (χ3n) is 1.63. The Morgan fingerprint density at radius 2 is 2.27 bits per heavy atom. The van der Waals surface area contributed by atoms with Crippen molar-refractivity contribution in [3.63, 3.8) is 0 Å². The highest BCUT2D eigenvalue weighted by atomic mass is 19.1. The predicted molar refractivity (Wildman–Crippen MR) is 42.2 cm³/mol. The average Bonchev–Trinajstić information content (AvgIpc) is 1.97. The van der Waals surface area contributed by atoms with Crippen LogP contribution in [0.2, 0.25) is 0 Å². The monoisotopic (exact) mass is 154 g/mol. The maximum atomic E-state index is 12.9. The molecule has 0 unspecified atom stereocenters. The van der Waals surface area contributed by atoms with Crippen LogP contribution in [0, 0.1) is 12.7 Å². The molecule has 0 aromatic heterocycles. The van der Waals surface area contributed by atoms with Gasteiger partial charge in [-0.1, -0.05) is 12.1 Å². The van der Waals surface area contributed by atoms with Crippen molar-refractivity contribution in [1.29, 1.82) is 0 Å². The van der Waals surface area contributed by atoms with Crippen LogP contribution in [-0.4, -0.2) is 0 Å². The molecule has 0 saturated carbocycles. The van der Waals surface area contributed by atoms with Gasteiger partial charge < -0.3 is 0 Å². The lowest BCUT2D eigenvalue weighted by atomic mass is 10.1. The Morgan fingerprint density at radius 3 is 2.82 bits per heavy atom. The largest absolute Gasteiger partial charge is 0.271 e. The number of nitrogens with one attached hydrogen (secondary N) is 1. The van der Waals surface area contributed by atoms with E-state index in [4.69, 9.17) is 5.84 Å². The number of hydrogen-bond acceptors (Lipinski definition) is 2. The minimum Gasteiger partial charge on any atom is -0.271 e. The van der Waals surface area contributed by atoms with Gasteiger partial charge in [-0.05, 0) is 18.6 Å². The molecular weight excluding hydrogens is 143 g/mol. The summed E-state index contributed by atoms with van der Waals surface area (Å²) in [5.41, 5.74) is 3.98. The van der Waals surface area contributed by atoms with Crippen LogP contribution < -0.4 is 11.3 Å². The molecule has 0 saturated heterocycles. The molecule has 1 rings (SSSR count). The summed E-state index contributed by atoms with van der Waals surface area (Å²) >= 11 is 0. The topological polar surface area (TPSA) is 38.0 Å². The summed E-state index contributed by atoms with van der Waals surface area (Å²) in [6.07, 6.45) is 0. The van der Waals surface area contributed by atoms with Crippen LogP contribution in [-0.2, 0) is 6.54 Å².